The third-order valence-electron chi connectivity index (χ3n) is 8.83. The van der Waals surface area contributed by atoms with Crippen LogP contribution in [0, 0.1) is 0 Å². The lowest BCUT2D eigenvalue weighted by Gasteiger charge is -2.12. The Morgan fingerprint density at radius 1 is 0.548 bits per heavy atom. The first kappa shape index (κ1) is 23.3. The fourth-order valence-corrected chi connectivity index (χ4v) is 6.74. The molecule has 4 heteroatoms. The largest absolute Gasteiger partial charge is 0.268 e. The summed E-state index contributed by atoms with van der Waals surface area (Å²) < 4.78 is 1.84. The quantitative estimate of drug-likeness (QED) is 0.216. The van der Waals surface area contributed by atoms with Crippen molar-refractivity contribution in [2.45, 2.75) is 0 Å². The van der Waals surface area contributed by atoms with Gasteiger partial charge in [-0.1, -0.05) is 103 Å². The molecule has 9 aromatic rings. The van der Waals surface area contributed by atoms with Gasteiger partial charge in [-0.2, -0.15) is 0 Å². The third kappa shape index (κ3) is 3.23. The van der Waals surface area contributed by atoms with E-state index in [9.17, 15) is 4.79 Å². The van der Waals surface area contributed by atoms with Gasteiger partial charge in [0.2, 0.25) is 0 Å². The van der Waals surface area contributed by atoms with E-state index in [0.717, 1.165) is 65.7 Å². The summed E-state index contributed by atoms with van der Waals surface area (Å²) >= 11 is 0. The van der Waals surface area contributed by atoms with E-state index in [4.69, 9.17) is 4.98 Å². The highest BCUT2D eigenvalue weighted by Gasteiger charge is 2.20. The van der Waals surface area contributed by atoms with Crippen LogP contribution in [0.3, 0.4) is 0 Å². The van der Waals surface area contributed by atoms with Crippen LogP contribution in [0.1, 0.15) is 0 Å². The van der Waals surface area contributed by atoms with Crippen molar-refractivity contribution in [1.29, 1.82) is 0 Å². The van der Waals surface area contributed by atoms with Crippen molar-refractivity contribution in [3.05, 3.63) is 138 Å². The Balaban J connectivity index is 1.45. The predicted molar refractivity (Wildman–Crippen MR) is 179 cm³/mol. The molecule has 0 radical (unpaired) electrons. The lowest BCUT2D eigenvalue weighted by atomic mass is 9.88. The van der Waals surface area contributed by atoms with Gasteiger partial charge in [0.1, 0.15) is 13.5 Å². The zero-order valence-corrected chi connectivity index (χ0v) is 22.9. The van der Waals surface area contributed by atoms with Crippen LogP contribution in [0.15, 0.2) is 132 Å². The number of aromatic nitrogens is 2. The average Bonchev–Trinajstić information content (AvgIpc) is 3.43. The van der Waals surface area contributed by atoms with Crippen molar-refractivity contribution >= 4 is 73.1 Å². The standard InChI is InChI=1S/C38H23BN2O/c39-33-17-16-31-35-29(33)10-5-11-30(35)37-40-34-21-28(26-14-12-22-6-1-3-8-24(22)18-26)20-32(36(34)41(37)38(31)42)27-15-13-23-7-2-4-9-25(23)19-27/h1-21H,39H2. The van der Waals surface area contributed by atoms with Crippen molar-refractivity contribution < 1.29 is 0 Å². The minimum absolute atomic E-state index is 0.0308. The molecule has 0 fully saturated rings. The summed E-state index contributed by atoms with van der Waals surface area (Å²) in [5, 5.41) is 8.57. The summed E-state index contributed by atoms with van der Waals surface area (Å²) in [6, 6.07) is 44.6. The summed E-state index contributed by atoms with van der Waals surface area (Å²) in [6.07, 6.45) is 0. The normalized spacial score (nSPS) is 12.0. The molecule has 42 heavy (non-hydrogen) atoms. The van der Waals surface area contributed by atoms with Crippen LogP contribution < -0.4 is 11.0 Å². The molecular formula is C38H23BN2O. The van der Waals surface area contributed by atoms with Gasteiger partial charge in [0, 0.05) is 21.7 Å². The van der Waals surface area contributed by atoms with E-state index in [0.29, 0.717) is 5.65 Å². The molecular weight excluding hydrogens is 511 g/mol. The number of hydrogen-bond donors (Lipinski definition) is 0. The van der Waals surface area contributed by atoms with Gasteiger partial charge in [-0.25, -0.2) is 4.98 Å². The molecule has 2 aromatic heterocycles. The Bertz CT molecular complexity index is 2620. The number of rotatable bonds is 2. The summed E-state index contributed by atoms with van der Waals surface area (Å²) in [4.78, 5) is 19.5. The third-order valence-corrected chi connectivity index (χ3v) is 8.83. The minimum atomic E-state index is -0.0308. The molecule has 0 spiro atoms. The van der Waals surface area contributed by atoms with Crippen molar-refractivity contribution in [1.82, 2.24) is 9.38 Å². The van der Waals surface area contributed by atoms with Gasteiger partial charge in [0.05, 0.1) is 11.0 Å². The number of imidazole rings is 1. The highest BCUT2D eigenvalue weighted by Crippen LogP contribution is 2.38. The van der Waals surface area contributed by atoms with E-state index in [2.05, 4.69) is 123 Å². The van der Waals surface area contributed by atoms with Crippen molar-refractivity contribution in [3.8, 4) is 22.3 Å². The van der Waals surface area contributed by atoms with Gasteiger partial charge in [-0.3, -0.25) is 9.20 Å². The molecule has 0 bridgehead atoms. The molecule has 0 aliphatic rings. The van der Waals surface area contributed by atoms with Crippen LogP contribution in [-0.4, -0.2) is 17.2 Å². The van der Waals surface area contributed by atoms with Gasteiger partial charge >= 0.3 is 0 Å². The SMILES string of the molecule is Bc1ccc2c(=O)n3c(nc4cc(-c5ccc6ccccc6c5)cc(-c5ccc6ccccc6c5)c43)c3cccc1c23. The van der Waals surface area contributed by atoms with Crippen LogP contribution in [-0.2, 0) is 0 Å². The molecule has 0 N–H and O–H groups in total. The zero-order chi connectivity index (χ0) is 27.9. The maximum atomic E-state index is 14.3. The predicted octanol–water partition coefficient (Wildman–Crippen LogP) is 7.49. The molecule has 0 atom stereocenters. The van der Waals surface area contributed by atoms with Gasteiger partial charge in [0.15, 0.2) is 0 Å². The lowest BCUT2D eigenvalue weighted by molar-refractivity contribution is 1.19. The van der Waals surface area contributed by atoms with Gasteiger partial charge in [0.25, 0.3) is 5.56 Å². The monoisotopic (exact) mass is 534 g/mol. The maximum Gasteiger partial charge on any atom is 0.264 e. The fraction of sp³-hybridized carbons (Fsp3) is 0. The first-order valence-electron chi connectivity index (χ1n) is 14.3. The zero-order valence-electron chi connectivity index (χ0n) is 22.9. The Hall–Kier alpha value is -5.48. The summed E-state index contributed by atoms with van der Waals surface area (Å²) in [6.45, 7) is 0. The Labute approximate surface area is 242 Å². The molecule has 9 rings (SSSR count). The second-order valence-electron chi connectivity index (χ2n) is 11.2. The topological polar surface area (TPSA) is 34.4 Å². The van der Waals surface area contributed by atoms with E-state index in [1.807, 2.05) is 16.5 Å². The summed E-state index contributed by atoms with van der Waals surface area (Å²) in [5.74, 6) is 0. The fourth-order valence-electron chi connectivity index (χ4n) is 6.74. The Morgan fingerprint density at radius 3 is 1.98 bits per heavy atom. The van der Waals surface area contributed by atoms with Crippen LogP contribution >= 0.6 is 0 Å². The molecule has 0 unspecified atom stereocenters. The molecule has 0 saturated heterocycles. The summed E-state index contributed by atoms with van der Waals surface area (Å²) in [7, 11) is 2.10. The molecule has 3 nitrogen and oxygen atoms in total. The second-order valence-corrected chi connectivity index (χ2v) is 11.2. The second kappa shape index (κ2) is 8.51. The Kier molecular flexibility index (Phi) is 4.71. The first-order chi connectivity index (χ1) is 20.6. The summed E-state index contributed by atoms with van der Waals surface area (Å²) in [5.41, 5.74) is 7.74. The van der Waals surface area contributed by atoms with Crippen molar-refractivity contribution in [3.63, 3.8) is 0 Å². The maximum absolute atomic E-state index is 14.3. The van der Waals surface area contributed by atoms with Gasteiger partial charge in [-0.15, -0.1) is 0 Å². The van der Waals surface area contributed by atoms with Gasteiger partial charge < -0.3 is 0 Å². The van der Waals surface area contributed by atoms with E-state index < -0.39 is 0 Å². The molecule has 0 aliphatic heterocycles. The number of pyridine rings is 1. The molecule has 7 aromatic carbocycles. The van der Waals surface area contributed by atoms with Crippen LogP contribution in [0.5, 0.6) is 0 Å². The highest BCUT2D eigenvalue weighted by molar-refractivity contribution is 6.41. The van der Waals surface area contributed by atoms with Crippen LogP contribution in [0.25, 0.3) is 82.0 Å². The molecule has 194 valence electrons. The van der Waals surface area contributed by atoms with Crippen LogP contribution in [0.2, 0.25) is 0 Å². The number of nitrogens with zero attached hydrogens (tertiary/aromatic N) is 2. The van der Waals surface area contributed by atoms with E-state index in [1.165, 1.54) is 16.2 Å². The molecule has 0 amide bonds. The minimum Gasteiger partial charge on any atom is -0.268 e. The number of benzene rings is 7. The number of hydrogen-bond acceptors (Lipinski definition) is 2. The molecule has 0 saturated carbocycles. The smallest absolute Gasteiger partial charge is 0.264 e. The van der Waals surface area contributed by atoms with Crippen LogP contribution in [0.4, 0.5) is 0 Å². The van der Waals surface area contributed by atoms with Crippen molar-refractivity contribution in [2.24, 2.45) is 0 Å². The average molecular weight is 534 g/mol. The lowest BCUT2D eigenvalue weighted by Crippen LogP contribution is -2.16. The van der Waals surface area contributed by atoms with E-state index >= 15 is 0 Å². The van der Waals surface area contributed by atoms with E-state index in [-0.39, 0.29) is 5.56 Å². The van der Waals surface area contributed by atoms with Gasteiger partial charge in [-0.05, 0) is 74.0 Å². The highest BCUT2D eigenvalue weighted by atomic mass is 16.1. The van der Waals surface area contributed by atoms with Crippen molar-refractivity contribution in [2.75, 3.05) is 0 Å². The number of fused-ring (bicyclic) bond motifs is 6. The molecule has 0 aliphatic carbocycles. The Morgan fingerprint density at radius 2 is 1.21 bits per heavy atom. The van der Waals surface area contributed by atoms with E-state index in [1.54, 1.807) is 0 Å². The molecule has 2 heterocycles. The first-order valence-corrected chi connectivity index (χ1v) is 14.3.